The molecule has 0 bridgehead atoms. The summed E-state index contributed by atoms with van der Waals surface area (Å²) in [5.74, 6) is 0. The smallest absolute Gasteiger partial charge is 0.0728 e. The molecule has 0 saturated heterocycles. The summed E-state index contributed by atoms with van der Waals surface area (Å²) in [5.41, 5.74) is 0.972. The van der Waals surface area contributed by atoms with Gasteiger partial charge in [0.15, 0.2) is 0 Å². The lowest BCUT2D eigenvalue weighted by atomic mass is 10.3. The molecule has 1 aromatic rings. The van der Waals surface area contributed by atoms with Gasteiger partial charge in [-0.15, -0.1) is 0 Å². The van der Waals surface area contributed by atoms with Gasteiger partial charge in [0.2, 0.25) is 0 Å². The molecule has 0 amide bonds. The lowest BCUT2D eigenvalue weighted by molar-refractivity contribution is 0.722. The molecule has 0 saturated carbocycles. The molecule has 1 aliphatic rings. The molecule has 0 radical (unpaired) electrons. The number of hydrogen-bond acceptors (Lipinski definition) is 2. The number of benzene rings is 1. The van der Waals surface area contributed by atoms with Crippen molar-refractivity contribution in [3.8, 4) is 0 Å². The summed E-state index contributed by atoms with van der Waals surface area (Å²) in [7, 11) is 0. The first-order valence-electron chi connectivity index (χ1n) is 4.36. The zero-order chi connectivity index (χ0) is 9.97. The van der Waals surface area contributed by atoms with Gasteiger partial charge in [-0.3, -0.25) is 5.32 Å². The van der Waals surface area contributed by atoms with Gasteiger partial charge in [0.25, 0.3) is 0 Å². The maximum absolute atomic E-state index is 6.08. The van der Waals surface area contributed by atoms with E-state index in [1.165, 1.54) is 0 Å². The molecule has 14 heavy (non-hydrogen) atoms. The fourth-order valence-electron chi connectivity index (χ4n) is 1.38. The first-order valence-corrected chi connectivity index (χ1v) is 5.12. The van der Waals surface area contributed by atoms with Crippen LogP contribution < -0.4 is 10.2 Å². The predicted molar refractivity (Wildman–Crippen MR) is 61.0 cm³/mol. The van der Waals surface area contributed by atoms with E-state index >= 15 is 0 Å². The fourth-order valence-corrected chi connectivity index (χ4v) is 1.90. The van der Waals surface area contributed by atoms with E-state index in [2.05, 4.69) is 11.4 Å². The van der Waals surface area contributed by atoms with E-state index in [0.29, 0.717) is 10.0 Å². The summed E-state index contributed by atoms with van der Waals surface area (Å²) in [6.45, 7) is 1.68. The summed E-state index contributed by atoms with van der Waals surface area (Å²) in [5, 5.41) is 4.55. The third kappa shape index (κ3) is 2.03. The van der Waals surface area contributed by atoms with Crippen LogP contribution in [0.5, 0.6) is 0 Å². The van der Waals surface area contributed by atoms with E-state index < -0.39 is 0 Å². The normalized spacial score (nSPS) is 16.0. The van der Waals surface area contributed by atoms with Crippen molar-refractivity contribution in [2.75, 3.05) is 18.1 Å². The average molecular weight is 229 g/mol. The molecule has 74 valence electrons. The Bertz CT molecular complexity index is 363. The minimum absolute atomic E-state index is 0.660. The Balaban J connectivity index is 2.31. The number of halogens is 2. The van der Waals surface area contributed by atoms with E-state index in [-0.39, 0.29) is 0 Å². The highest BCUT2D eigenvalue weighted by atomic mass is 35.5. The van der Waals surface area contributed by atoms with Gasteiger partial charge in [-0.05, 0) is 18.2 Å². The van der Waals surface area contributed by atoms with Crippen LogP contribution >= 0.6 is 23.2 Å². The van der Waals surface area contributed by atoms with Crippen LogP contribution in [0.25, 0.3) is 0 Å². The SMILES string of the molecule is Clc1ccc(N2C=CCNC2)c(Cl)c1. The maximum Gasteiger partial charge on any atom is 0.0728 e. The van der Waals surface area contributed by atoms with Crippen LogP contribution in [0.4, 0.5) is 5.69 Å². The molecule has 2 rings (SSSR count). The van der Waals surface area contributed by atoms with Crippen molar-refractivity contribution in [2.45, 2.75) is 0 Å². The summed E-state index contributed by atoms with van der Waals surface area (Å²) >= 11 is 11.9. The Morgan fingerprint density at radius 2 is 2.14 bits per heavy atom. The van der Waals surface area contributed by atoms with Gasteiger partial charge in [-0.25, -0.2) is 0 Å². The van der Waals surface area contributed by atoms with Crippen LogP contribution in [0.15, 0.2) is 30.5 Å². The third-order valence-electron chi connectivity index (χ3n) is 2.05. The standard InChI is InChI=1S/C10H10Cl2N2/c11-8-2-3-10(9(12)6-8)14-5-1-4-13-7-14/h1-3,5-6,13H,4,7H2. The van der Waals surface area contributed by atoms with Crippen LogP contribution in [-0.4, -0.2) is 13.2 Å². The molecular weight excluding hydrogens is 219 g/mol. The summed E-state index contributed by atoms with van der Waals surface area (Å²) in [6, 6.07) is 5.51. The number of hydrogen-bond donors (Lipinski definition) is 1. The van der Waals surface area contributed by atoms with Crippen molar-refractivity contribution in [3.63, 3.8) is 0 Å². The van der Waals surface area contributed by atoms with Crippen LogP contribution in [0, 0.1) is 0 Å². The Labute approximate surface area is 93.1 Å². The van der Waals surface area contributed by atoms with Crippen LogP contribution in [0.1, 0.15) is 0 Å². The average Bonchev–Trinajstić information content (AvgIpc) is 2.19. The highest BCUT2D eigenvalue weighted by Gasteiger charge is 2.09. The molecule has 0 fully saturated rings. The van der Waals surface area contributed by atoms with Gasteiger partial charge in [-0.1, -0.05) is 29.3 Å². The Kier molecular flexibility index (Phi) is 2.96. The van der Waals surface area contributed by atoms with Gasteiger partial charge >= 0.3 is 0 Å². The van der Waals surface area contributed by atoms with E-state index in [9.17, 15) is 0 Å². The topological polar surface area (TPSA) is 15.3 Å². The predicted octanol–water partition coefficient (Wildman–Crippen LogP) is 2.87. The van der Waals surface area contributed by atoms with E-state index in [4.69, 9.17) is 23.2 Å². The molecule has 2 nitrogen and oxygen atoms in total. The third-order valence-corrected chi connectivity index (χ3v) is 2.59. The van der Waals surface area contributed by atoms with Crippen molar-refractivity contribution in [1.82, 2.24) is 5.32 Å². The van der Waals surface area contributed by atoms with Gasteiger partial charge in [0.1, 0.15) is 0 Å². The van der Waals surface area contributed by atoms with Crippen molar-refractivity contribution >= 4 is 28.9 Å². The molecule has 0 aliphatic carbocycles. The van der Waals surface area contributed by atoms with Crippen LogP contribution in [0.2, 0.25) is 10.0 Å². The molecule has 0 spiro atoms. The molecule has 1 heterocycles. The number of nitrogens with one attached hydrogen (secondary N) is 1. The summed E-state index contributed by atoms with van der Waals surface area (Å²) < 4.78 is 0. The molecule has 4 heteroatoms. The second-order valence-electron chi connectivity index (χ2n) is 3.06. The molecule has 1 N–H and O–H groups in total. The Morgan fingerprint density at radius 1 is 1.29 bits per heavy atom. The van der Waals surface area contributed by atoms with Crippen molar-refractivity contribution in [3.05, 3.63) is 40.5 Å². The molecule has 0 unspecified atom stereocenters. The van der Waals surface area contributed by atoms with E-state index in [1.54, 1.807) is 6.07 Å². The summed E-state index contributed by atoms with van der Waals surface area (Å²) in [4.78, 5) is 2.04. The maximum atomic E-state index is 6.08. The number of rotatable bonds is 1. The fraction of sp³-hybridized carbons (Fsp3) is 0.200. The lowest BCUT2D eigenvalue weighted by Crippen LogP contribution is -2.34. The number of anilines is 1. The molecule has 0 atom stereocenters. The van der Waals surface area contributed by atoms with Crippen molar-refractivity contribution < 1.29 is 0 Å². The first-order chi connectivity index (χ1) is 6.77. The largest absolute Gasteiger partial charge is 0.334 e. The zero-order valence-corrected chi connectivity index (χ0v) is 9.02. The number of nitrogens with zero attached hydrogens (tertiary/aromatic N) is 1. The lowest BCUT2D eigenvalue weighted by Gasteiger charge is -2.25. The first kappa shape index (κ1) is 9.84. The van der Waals surface area contributed by atoms with Crippen LogP contribution in [-0.2, 0) is 0 Å². The molecule has 1 aliphatic heterocycles. The van der Waals surface area contributed by atoms with Gasteiger partial charge < -0.3 is 4.90 Å². The second-order valence-corrected chi connectivity index (χ2v) is 3.91. The highest BCUT2D eigenvalue weighted by Crippen LogP contribution is 2.28. The van der Waals surface area contributed by atoms with E-state index in [1.807, 2.05) is 23.2 Å². The summed E-state index contributed by atoms with van der Waals surface area (Å²) in [6.07, 6.45) is 4.07. The minimum atomic E-state index is 0.660. The van der Waals surface area contributed by atoms with E-state index in [0.717, 1.165) is 18.9 Å². The van der Waals surface area contributed by atoms with Gasteiger partial charge in [-0.2, -0.15) is 0 Å². The van der Waals surface area contributed by atoms with Crippen LogP contribution in [0.3, 0.4) is 0 Å². The van der Waals surface area contributed by atoms with Crippen molar-refractivity contribution in [1.29, 1.82) is 0 Å². The molecule has 0 aromatic heterocycles. The second kappa shape index (κ2) is 4.22. The highest BCUT2D eigenvalue weighted by molar-refractivity contribution is 6.36. The monoisotopic (exact) mass is 228 g/mol. The van der Waals surface area contributed by atoms with Crippen molar-refractivity contribution in [2.24, 2.45) is 0 Å². The zero-order valence-electron chi connectivity index (χ0n) is 7.50. The Hall–Kier alpha value is -0.700. The Morgan fingerprint density at radius 3 is 2.79 bits per heavy atom. The minimum Gasteiger partial charge on any atom is -0.334 e. The molecular formula is C10H10Cl2N2. The van der Waals surface area contributed by atoms with Gasteiger partial charge in [0.05, 0.1) is 17.4 Å². The quantitative estimate of drug-likeness (QED) is 0.796. The molecule has 1 aromatic carbocycles. The van der Waals surface area contributed by atoms with Gasteiger partial charge in [0, 0.05) is 17.8 Å².